The Morgan fingerprint density at radius 2 is 2.05 bits per heavy atom. The topological polar surface area (TPSA) is 32.3 Å². The summed E-state index contributed by atoms with van der Waals surface area (Å²) in [6, 6.07) is 6.74. The summed E-state index contributed by atoms with van der Waals surface area (Å²) in [5.74, 6) is 1.33. The van der Waals surface area contributed by atoms with E-state index < -0.39 is 0 Å². The Morgan fingerprint density at radius 1 is 1.23 bits per heavy atom. The fourth-order valence-corrected chi connectivity index (χ4v) is 3.63. The largest absolute Gasteiger partial charge is 0.342 e. The van der Waals surface area contributed by atoms with Gasteiger partial charge < -0.3 is 10.2 Å². The molecule has 2 heterocycles. The van der Waals surface area contributed by atoms with Crippen molar-refractivity contribution in [1.82, 2.24) is 10.2 Å². The predicted molar refractivity (Wildman–Crippen MR) is 85.0 cm³/mol. The second kappa shape index (κ2) is 7.23. The first-order valence-corrected chi connectivity index (χ1v) is 8.43. The van der Waals surface area contributed by atoms with E-state index in [2.05, 4.69) is 5.32 Å². The van der Waals surface area contributed by atoms with Crippen LogP contribution in [0.25, 0.3) is 0 Å². The lowest BCUT2D eigenvalue weighted by Gasteiger charge is -2.18. The Morgan fingerprint density at radius 3 is 2.77 bits per heavy atom. The highest BCUT2D eigenvalue weighted by Crippen LogP contribution is 2.23. The molecule has 0 bridgehead atoms. The van der Waals surface area contributed by atoms with Crippen molar-refractivity contribution in [3.8, 4) is 0 Å². The molecule has 22 heavy (non-hydrogen) atoms. The van der Waals surface area contributed by atoms with Gasteiger partial charge in [0.05, 0.1) is 0 Å². The van der Waals surface area contributed by atoms with E-state index in [0.717, 1.165) is 51.0 Å². The number of likely N-dealkylation sites (tertiary alicyclic amines) is 1. The molecule has 2 saturated heterocycles. The Balaban J connectivity index is 1.42. The molecule has 120 valence electrons. The van der Waals surface area contributed by atoms with Crippen LogP contribution in [0.3, 0.4) is 0 Å². The zero-order chi connectivity index (χ0) is 15.4. The fourth-order valence-electron chi connectivity index (χ4n) is 3.63. The number of halogens is 1. The maximum Gasteiger partial charge on any atom is 0.222 e. The van der Waals surface area contributed by atoms with Crippen molar-refractivity contribution in [3.05, 3.63) is 35.6 Å². The molecule has 1 amide bonds. The van der Waals surface area contributed by atoms with Crippen LogP contribution in [0.5, 0.6) is 0 Å². The molecule has 0 aliphatic carbocycles. The number of carbonyl (C=O) groups excluding carboxylic acids is 1. The van der Waals surface area contributed by atoms with Gasteiger partial charge in [0, 0.05) is 19.5 Å². The number of rotatable bonds is 5. The SMILES string of the molecule is O=C(CCC1CCNC1)N1CCC(Cc2ccc(F)cc2)C1. The summed E-state index contributed by atoms with van der Waals surface area (Å²) in [6.07, 6.45) is 4.92. The minimum atomic E-state index is -0.187. The van der Waals surface area contributed by atoms with Gasteiger partial charge in [0.2, 0.25) is 5.91 Å². The molecule has 0 spiro atoms. The van der Waals surface area contributed by atoms with Crippen molar-refractivity contribution < 1.29 is 9.18 Å². The van der Waals surface area contributed by atoms with Crippen LogP contribution in [-0.2, 0) is 11.2 Å². The molecule has 2 atom stereocenters. The molecule has 1 aromatic rings. The van der Waals surface area contributed by atoms with Gasteiger partial charge in [0.1, 0.15) is 5.82 Å². The van der Waals surface area contributed by atoms with Gasteiger partial charge in [-0.3, -0.25) is 4.79 Å². The zero-order valence-electron chi connectivity index (χ0n) is 13.1. The van der Waals surface area contributed by atoms with Crippen LogP contribution >= 0.6 is 0 Å². The van der Waals surface area contributed by atoms with Gasteiger partial charge in [-0.25, -0.2) is 4.39 Å². The summed E-state index contributed by atoms with van der Waals surface area (Å²) in [6.45, 7) is 3.91. The van der Waals surface area contributed by atoms with Crippen molar-refractivity contribution >= 4 is 5.91 Å². The van der Waals surface area contributed by atoms with Crippen LogP contribution in [0.1, 0.15) is 31.2 Å². The highest BCUT2D eigenvalue weighted by Gasteiger charge is 2.26. The van der Waals surface area contributed by atoms with Gasteiger partial charge in [0.15, 0.2) is 0 Å². The van der Waals surface area contributed by atoms with Gasteiger partial charge in [-0.15, -0.1) is 0 Å². The minimum Gasteiger partial charge on any atom is -0.342 e. The highest BCUT2D eigenvalue weighted by molar-refractivity contribution is 5.76. The second-order valence-corrected chi connectivity index (χ2v) is 6.72. The van der Waals surface area contributed by atoms with E-state index in [1.165, 1.54) is 18.6 Å². The van der Waals surface area contributed by atoms with E-state index in [-0.39, 0.29) is 5.82 Å². The number of amides is 1. The molecular formula is C18H25FN2O. The lowest BCUT2D eigenvalue weighted by molar-refractivity contribution is -0.130. The lowest BCUT2D eigenvalue weighted by Crippen LogP contribution is -2.29. The number of nitrogens with one attached hydrogen (secondary N) is 1. The van der Waals surface area contributed by atoms with Crippen molar-refractivity contribution in [3.63, 3.8) is 0 Å². The third kappa shape index (κ3) is 4.07. The molecule has 0 aromatic heterocycles. The van der Waals surface area contributed by atoms with E-state index in [1.807, 2.05) is 17.0 Å². The zero-order valence-corrected chi connectivity index (χ0v) is 13.1. The Hall–Kier alpha value is -1.42. The smallest absolute Gasteiger partial charge is 0.222 e. The highest BCUT2D eigenvalue weighted by atomic mass is 19.1. The Kier molecular flexibility index (Phi) is 5.08. The molecule has 2 fully saturated rings. The van der Waals surface area contributed by atoms with Crippen LogP contribution in [0.2, 0.25) is 0 Å². The van der Waals surface area contributed by atoms with Crippen molar-refractivity contribution in [2.75, 3.05) is 26.2 Å². The van der Waals surface area contributed by atoms with Crippen molar-refractivity contribution in [1.29, 1.82) is 0 Å². The molecular weight excluding hydrogens is 279 g/mol. The van der Waals surface area contributed by atoms with Crippen LogP contribution in [0, 0.1) is 17.7 Å². The summed E-state index contributed by atoms with van der Waals surface area (Å²) >= 11 is 0. The quantitative estimate of drug-likeness (QED) is 0.907. The molecule has 3 rings (SSSR count). The first-order chi connectivity index (χ1) is 10.7. The Bertz CT molecular complexity index is 496. The molecule has 2 aliphatic rings. The van der Waals surface area contributed by atoms with Crippen molar-refractivity contribution in [2.45, 2.75) is 32.1 Å². The number of nitrogens with zero attached hydrogens (tertiary/aromatic N) is 1. The molecule has 1 aromatic carbocycles. The van der Waals surface area contributed by atoms with Crippen LogP contribution in [0.15, 0.2) is 24.3 Å². The van der Waals surface area contributed by atoms with E-state index >= 15 is 0 Å². The third-order valence-electron chi connectivity index (χ3n) is 5.01. The summed E-state index contributed by atoms with van der Waals surface area (Å²) in [4.78, 5) is 14.3. The van der Waals surface area contributed by atoms with Gasteiger partial charge in [-0.2, -0.15) is 0 Å². The molecule has 0 radical (unpaired) electrons. The first-order valence-electron chi connectivity index (χ1n) is 8.43. The van der Waals surface area contributed by atoms with Crippen LogP contribution in [0.4, 0.5) is 4.39 Å². The summed E-state index contributed by atoms with van der Waals surface area (Å²) in [5, 5.41) is 3.35. The van der Waals surface area contributed by atoms with Gasteiger partial charge in [-0.05, 0) is 68.3 Å². The van der Waals surface area contributed by atoms with Crippen molar-refractivity contribution in [2.24, 2.45) is 11.8 Å². The van der Waals surface area contributed by atoms with Gasteiger partial charge in [-0.1, -0.05) is 12.1 Å². The molecule has 3 nitrogen and oxygen atoms in total. The molecule has 2 unspecified atom stereocenters. The van der Waals surface area contributed by atoms with E-state index in [0.29, 0.717) is 24.2 Å². The summed E-state index contributed by atoms with van der Waals surface area (Å²) in [5.41, 5.74) is 1.16. The third-order valence-corrected chi connectivity index (χ3v) is 5.01. The van der Waals surface area contributed by atoms with Crippen LogP contribution < -0.4 is 5.32 Å². The monoisotopic (exact) mass is 304 g/mol. The molecule has 2 aliphatic heterocycles. The summed E-state index contributed by atoms with van der Waals surface area (Å²) in [7, 11) is 0. The average Bonchev–Trinajstić information content (AvgIpc) is 3.19. The number of benzene rings is 1. The average molecular weight is 304 g/mol. The number of hydrogen-bond donors (Lipinski definition) is 1. The summed E-state index contributed by atoms with van der Waals surface area (Å²) < 4.78 is 12.9. The Labute approximate surface area is 131 Å². The molecule has 0 saturated carbocycles. The fraction of sp³-hybridized carbons (Fsp3) is 0.611. The van der Waals surface area contributed by atoms with Gasteiger partial charge in [0.25, 0.3) is 0 Å². The standard InChI is InChI=1S/C18H25FN2O/c19-17-4-1-14(2-5-17)11-16-8-10-21(13-16)18(22)6-3-15-7-9-20-12-15/h1-2,4-5,15-16,20H,3,6-13H2. The minimum absolute atomic E-state index is 0.187. The van der Waals surface area contributed by atoms with E-state index in [1.54, 1.807) is 0 Å². The number of carbonyl (C=O) groups is 1. The second-order valence-electron chi connectivity index (χ2n) is 6.72. The lowest BCUT2D eigenvalue weighted by atomic mass is 9.99. The van der Waals surface area contributed by atoms with E-state index in [9.17, 15) is 9.18 Å². The molecule has 1 N–H and O–H groups in total. The molecule has 4 heteroatoms. The normalized spacial score (nSPS) is 24.9. The maximum atomic E-state index is 12.9. The predicted octanol–water partition coefficient (Wildman–Crippen LogP) is 2.61. The maximum absolute atomic E-state index is 12.9. The van der Waals surface area contributed by atoms with Gasteiger partial charge >= 0.3 is 0 Å². The number of hydrogen-bond acceptors (Lipinski definition) is 2. The van der Waals surface area contributed by atoms with Crippen LogP contribution in [-0.4, -0.2) is 37.0 Å². The van der Waals surface area contributed by atoms with E-state index in [4.69, 9.17) is 0 Å². The first kappa shape index (κ1) is 15.5.